The summed E-state index contributed by atoms with van der Waals surface area (Å²) in [5, 5.41) is 25.4. The van der Waals surface area contributed by atoms with Crippen molar-refractivity contribution in [2.75, 3.05) is 13.2 Å². The Balaban J connectivity index is 0.000000179. The highest BCUT2D eigenvalue weighted by atomic mass is 19.1. The Bertz CT molecular complexity index is 2530. The van der Waals surface area contributed by atoms with Crippen LogP contribution in [0.2, 0.25) is 0 Å². The zero-order chi connectivity index (χ0) is 42.4. The van der Waals surface area contributed by atoms with Crippen LogP contribution in [0.25, 0.3) is 0 Å². The van der Waals surface area contributed by atoms with E-state index in [0.29, 0.717) is 31.8 Å². The molecule has 6 heterocycles. The number of hydrogen-bond donors (Lipinski definition) is 4. The minimum atomic E-state index is -1.01. The van der Waals surface area contributed by atoms with Gasteiger partial charge in [-0.2, -0.15) is 0 Å². The molecule has 310 valence electrons. The van der Waals surface area contributed by atoms with Crippen molar-refractivity contribution < 1.29 is 56.4 Å². The number of carbonyl (C=O) groups excluding carboxylic acids is 4. The van der Waals surface area contributed by atoms with Gasteiger partial charge in [-0.25, -0.2) is 17.6 Å². The predicted molar refractivity (Wildman–Crippen MR) is 195 cm³/mol. The molecule has 16 nitrogen and oxygen atoms in total. The maximum atomic E-state index is 13.8. The molecule has 4 atom stereocenters. The maximum Gasteiger partial charge on any atom is 0.276 e. The number of halogens is 4. The second-order valence-electron chi connectivity index (χ2n) is 14.3. The molecule has 8 rings (SSSR count). The number of amides is 4. The number of pyridine rings is 2. The van der Waals surface area contributed by atoms with Gasteiger partial charge >= 0.3 is 0 Å². The van der Waals surface area contributed by atoms with E-state index < -0.39 is 92.8 Å². The average molecular weight is 825 g/mol. The summed E-state index contributed by atoms with van der Waals surface area (Å²) in [4.78, 5) is 78.5. The molecule has 4 N–H and O–H groups in total. The molecule has 0 radical (unpaired) electrons. The minimum Gasteiger partial charge on any atom is -0.503 e. The molecule has 2 aromatic carbocycles. The third kappa shape index (κ3) is 7.63. The molecule has 2 aromatic heterocycles. The molecular formula is C39H36F4N6O10. The highest BCUT2D eigenvalue weighted by Gasteiger charge is 2.43. The number of hydrogen-bond acceptors (Lipinski definition) is 10. The topological polar surface area (TPSA) is 202 Å². The Morgan fingerprint density at radius 2 is 1.14 bits per heavy atom. The van der Waals surface area contributed by atoms with E-state index in [4.69, 9.17) is 9.47 Å². The van der Waals surface area contributed by atoms with Gasteiger partial charge in [0.25, 0.3) is 23.6 Å². The second-order valence-corrected chi connectivity index (χ2v) is 14.3. The zero-order valence-corrected chi connectivity index (χ0v) is 31.3. The fourth-order valence-corrected chi connectivity index (χ4v) is 7.33. The van der Waals surface area contributed by atoms with E-state index in [2.05, 4.69) is 10.6 Å². The Morgan fingerprint density at radius 3 is 1.59 bits per heavy atom. The first-order valence-electron chi connectivity index (χ1n) is 18.3. The fraction of sp³-hybridized carbons (Fsp3) is 0.333. The van der Waals surface area contributed by atoms with Crippen molar-refractivity contribution in [3.05, 3.63) is 126 Å². The van der Waals surface area contributed by atoms with E-state index >= 15 is 0 Å². The molecule has 4 aliphatic rings. The van der Waals surface area contributed by atoms with E-state index in [0.717, 1.165) is 12.1 Å². The molecule has 2 saturated heterocycles. The first kappa shape index (κ1) is 40.6. The number of aromatic nitrogens is 2. The molecular weight excluding hydrogens is 788 g/mol. The first-order chi connectivity index (χ1) is 28.0. The van der Waals surface area contributed by atoms with Gasteiger partial charge in [-0.1, -0.05) is 12.1 Å². The maximum absolute atomic E-state index is 13.8. The van der Waals surface area contributed by atoms with Crippen LogP contribution in [0.4, 0.5) is 17.6 Å². The number of rotatable bonds is 6. The average Bonchev–Trinajstić information content (AvgIpc) is 3.56. The van der Waals surface area contributed by atoms with Crippen molar-refractivity contribution in [2.45, 2.75) is 71.0 Å². The molecule has 0 spiro atoms. The molecule has 4 amide bonds. The van der Waals surface area contributed by atoms with Crippen molar-refractivity contribution in [3.63, 3.8) is 0 Å². The molecule has 0 bridgehead atoms. The first-order valence-corrected chi connectivity index (χ1v) is 18.3. The Hall–Kier alpha value is -6.54. The van der Waals surface area contributed by atoms with Crippen molar-refractivity contribution in [1.29, 1.82) is 0 Å². The van der Waals surface area contributed by atoms with Crippen LogP contribution in [0, 0.1) is 23.3 Å². The number of nitrogens with one attached hydrogen (secondary N) is 2. The van der Waals surface area contributed by atoms with Gasteiger partial charge in [0, 0.05) is 54.8 Å². The van der Waals surface area contributed by atoms with Crippen LogP contribution in [0.15, 0.2) is 58.4 Å². The summed E-state index contributed by atoms with van der Waals surface area (Å²) < 4.78 is 67.3. The monoisotopic (exact) mass is 824 g/mol. The van der Waals surface area contributed by atoms with Crippen molar-refractivity contribution in [3.8, 4) is 11.5 Å². The summed E-state index contributed by atoms with van der Waals surface area (Å²) in [6.45, 7) is 4.15. The largest absolute Gasteiger partial charge is 0.503 e. The lowest BCUT2D eigenvalue weighted by Crippen LogP contribution is -2.57. The molecule has 4 aliphatic heterocycles. The molecule has 20 heteroatoms. The van der Waals surface area contributed by atoms with E-state index in [1.54, 1.807) is 6.92 Å². The Kier molecular flexibility index (Phi) is 11.0. The number of aromatic hydroxyl groups is 2. The van der Waals surface area contributed by atoms with Gasteiger partial charge in [0.15, 0.2) is 35.3 Å². The third-order valence-corrected chi connectivity index (χ3v) is 10.4. The minimum absolute atomic E-state index is 0.0289. The van der Waals surface area contributed by atoms with Crippen molar-refractivity contribution in [2.24, 2.45) is 0 Å². The number of benzene rings is 2. The van der Waals surface area contributed by atoms with E-state index in [1.165, 1.54) is 43.5 Å². The van der Waals surface area contributed by atoms with Crippen LogP contribution in [-0.2, 0) is 35.7 Å². The highest BCUT2D eigenvalue weighted by Crippen LogP contribution is 2.31. The standard InChI is InChI=1S/C20H19F2N3O5.C19H17F2N3O5/c1-10-4-5-30-15-9-24-8-13(17(26)18(27)16(24)20(29)25(10)15)19(28)23-7-11-2-3-12(21)6-14(11)22;1-9-8-29-14-7-23-6-12(16(25)17(26)15(23)19(28)24(9)14)18(27)22-5-10-2-3-11(20)4-13(10)21/h2-3,6,8,10,15,27H,4-5,7,9H2,1H3,(H,23,28);2-4,6,9,14,26H,5,7-8H2,1H3,(H,22,27)/t10-,15+;9-,14+/m10/s1. The number of fused-ring (bicyclic) bond motifs is 4. The van der Waals surface area contributed by atoms with Gasteiger partial charge in [0.1, 0.15) is 34.4 Å². The SMILES string of the molecule is C[C@@H]1CCO[C@H]2Cn3cc(C(=O)NCc4ccc(F)cc4F)c(=O)c(O)c3C(=O)N12.C[C@H]1CO[C@@H]2Cn3cc(C(=O)NCc4ccc(F)cc4F)c(=O)c(O)c3C(=O)N12. The summed E-state index contributed by atoms with van der Waals surface area (Å²) >= 11 is 0. The van der Waals surface area contributed by atoms with Gasteiger partial charge < -0.3 is 49.3 Å². The molecule has 0 unspecified atom stereocenters. The van der Waals surface area contributed by atoms with Crippen molar-refractivity contribution >= 4 is 23.6 Å². The summed E-state index contributed by atoms with van der Waals surface area (Å²) in [5.41, 5.74) is -3.16. The number of carbonyl (C=O) groups is 4. The van der Waals surface area contributed by atoms with Crippen LogP contribution >= 0.6 is 0 Å². The molecule has 4 aromatic rings. The lowest BCUT2D eigenvalue weighted by atomic mass is 10.1. The number of ether oxygens (including phenoxy) is 2. The van der Waals surface area contributed by atoms with Gasteiger partial charge in [-0.15, -0.1) is 0 Å². The van der Waals surface area contributed by atoms with E-state index in [-0.39, 0.29) is 60.8 Å². The normalized spacial score (nSPS) is 20.4. The van der Waals surface area contributed by atoms with E-state index in [9.17, 15) is 56.5 Å². The van der Waals surface area contributed by atoms with Crippen LogP contribution in [0.1, 0.15) is 73.1 Å². The van der Waals surface area contributed by atoms with Crippen LogP contribution in [0.5, 0.6) is 11.5 Å². The number of nitrogens with zero attached hydrogens (tertiary/aromatic N) is 4. The molecule has 0 aliphatic carbocycles. The van der Waals surface area contributed by atoms with Gasteiger partial charge in [-0.05, 0) is 32.4 Å². The van der Waals surface area contributed by atoms with Gasteiger partial charge in [0.05, 0.1) is 32.3 Å². The Labute approximate surface area is 331 Å². The second kappa shape index (κ2) is 16.0. The van der Waals surface area contributed by atoms with Gasteiger partial charge in [-0.3, -0.25) is 28.8 Å². The summed E-state index contributed by atoms with van der Waals surface area (Å²) in [5.74, 6) is -7.65. The predicted octanol–water partition coefficient (Wildman–Crippen LogP) is 2.32. The fourth-order valence-electron chi connectivity index (χ4n) is 7.33. The lowest BCUT2D eigenvalue weighted by Gasteiger charge is -2.44. The van der Waals surface area contributed by atoms with Crippen LogP contribution in [0.3, 0.4) is 0 Å². The summed E-state index contributed by atoms with van der Waals surface area (Å²) in [6, 6.07) is 5.49. The van der Waals surface area contributed by atoms with Crippen LogP contribution in [-0.4, -0.2) is 90.5 Å². The smallest absolute Gasteiger partial charge is 0.276 e. The molecule has 59 heavy (non-hydrogen) atoms. The van der Waals surface area contributed by atoms with Gasteiger partial charge in [0.2, 0.25) is 10.9 Å². The van der Waals surface area contributed by atoms with Crippen LogP contribution < -0.4 is 21.5 Å². The highest BCUT2D eigenvalue weighted by molar-refractivity contribution is 6.00. The molecule has 2 fully saturated rings. The summed E-state index contributed by atoms with van der Waals surface area (Å²) in [7, 11) is 0. The summed E-state index contributed by atoms with van der Waals surface area (Å²) in [6.07, 6.45) is 1.87. The lowest BCUT2D eigenvalue weighted by molar-refractivity contribution is -0.112. The molecule has 0 saturated carbocycles. The zero-order valence-electron chi connectivity index (χ0n) is 31.3. The third-order valence-electron chi connectivity index (χ3n) is 10.4. The quantitative estimate of drug-likeness (QED) is 0.209. The van der Waals surface area contributed by atoms with E-state index in [1.807, 2.05) is 6.92 Å². The van der Waals surface area contributed by atoms with Crippen molar-refractivity contribution in [1.82, 2.24) is 29.6 Å². The Morgan fingerprint density at radius 1 is 0.695 bits per heavy atom.